The van der Waals surface area contributed by atoms with Gasteiger partial charge in [-0.25, -0.2) is 0 Å². The van der Waals surface area contributed by atoms with Crippen molar-refractivity contribution in [3.05, 3.63) is 65.0 Å². The van der Waals surface area contributed by atoms with Crippen molar-refractivity contribution >= 4 is 5.97 Å². The van der Waals surface area contributed by atoms with E-state index in [1.807, 2.05) is 56.6 Å². The molecule has 2 heterocycles. The van der Waals surface area contributed by atoms with Gasteiger partial charge in [0.05, 0.1) is 0 Å². The first kappa shape index (κ1) is 17.6. The van der Waals surface area contributed by atoms with Crippen molar-refractivity contribution in [1.82, 2.24) is 14.8 Å². The van der Waals surface area contributed by atoms with Crippen LogP contribution in [-0.2, 0) is 11.3 Å². The van der Waals surface area contributed by atoms with Crippen LogP contribution >= 0.6 is 0 Å². The Morgan fingerprint density at radius 2 is 1.80 bits per heavy atom. The van der Waals surface area contributed by atoms with Crippen molar-refractivity contribution < 1.29 is 9.90 Å². The molecule has 2 aromatic rings. The maximum absolute atomic E-state index is 12.0. The molecule has 0 aliphatic carbocycles. The number of carboxylic acid groups (broad SMARTS) is 1. The molecule has 5 heteroatoms. The van der Waals surface area contributed by atoms with E-state index in [1.54, 1.807) is 0 Å². The number of aromatic nitrogens is 1. The van der Waals surface area contributed by atoms with Gasteiger partial charge in [0.1, 0.15) is 6.04 Å². The monoisotopic (exact) mass is 339 g/mol. The van der Waals surface area contributed by atoms with Gasteiger partial charge in [0.25, 0.3) is 0 Å². The highest BCUT2D eigenvalue weighted by Crippen LogP contribution is 2.26. The molecule has 5 nitrogen and oxygen atoms in total. The normalized spacial score (nSPS) is 17.4. The molecule has 0 saturated carbocycles. The smallest absolute Gasteiger partial charge is 0.325 e. The molecule has 0 amide bonds. The number of piperazine rings is 1. The molecule has 1 unspecified atom stereocenters. The lowest BCUT2D eigenvalue weighted by Crippen LogP contribution is -2.49. The van der Waals surface area contributed by atoms with Crippen LogP contribution in [0.3, 0.4) is 0 Å². The molecule has 1 aromatic heterocycles. The second-order valence-corrected chi connectivity index (χ2v) is 6.77. The van der Waals surface area contributed by atoms with E-state index in [2.05, 4.69) is 14.8 Å². The van der Waals surface area contributed by atoms with Gasteiger partial charge < -0.3 is 5.11 Å². The van der Waals surface area contributed by atoms with Gasteiger partial charge in [-0.2, -0.15) is 0 Å². The zero-order valence-corrected chi connectivity index (χ0v) is 14.9. The van der Waals surface area contributed by atoms with Gasteiger partial charge in [-0.1, -0.05) is 23.8 Å². The second kappa shape index (κ2) is 7.76. The zero-order chi connectivity index (χ0) is 17.8. The van der Waals surface area contributed by atoms with E-state index in [-0.39, 0.29) is 0 Å². The molecule has 0 bridgehead atoms. The van der Waals surface area contributed by atoms with Crippen LogP contribution in [0.5, 0.6) is 0 Å². The van der Waals surface area contributed by atoms with Crippen LogP contribution in [0.15, 0.2) is 42.7 Å². The molecule has 3 rings (SSSR count). The quantitative estimate of drug-likeness (QED) is 0.907. The van der Waals surface area contributed by atoms with Crippen LogP contribution in [0.25, 0.3) is 0 Å². The van der Waals surface area contributed by atoms with E-state index in [1.165, 1.54) is 5.56 Å². The van der Waals surface area contributed by atoms with Crippen LogP contribution in [0, 0.1) is 13.8 Å². The van der Waals surface area contributed by atoms with E-state index < -0.39 is 12.0 Å². The summed E-state index contributed by atoms with van der Waals surface area (Å²) in [4.78, 5) is 20.5. The van der Waals surface area contributed by atoms with Gasteiger partial charge in [0.15, 0.2) is 0 Å². The minimum atomic E-state index is -0.767. The first-order chi connectivity index (χ1) is 12.0. The van der Waals surface area contributed by atoms with Crippen LogP contribution in [-0.4, -0.2) is 52.0 Å². The Morgan fingerprint density at radius 1 is 1.12 bits per heavy atom. The van der Waals surface area contributed by atoms with Crippen molar-refractivity contribution in [2.24, 2.45) is 0 Å². The highest BCUT2D eigenvalue weighted by Gasteiger charge is 2.31. The number of rotatable bonds is 5. The van der Waals surface area contributed by atoms with E-state index in [0.29, 0.717) is 0 Å². The third kappa shape index (κ3) is 4.24. The summed E-state index contributed by atoms with van der Waals surface area (Å²) < 4.78 is 0. The topological polar surface area (TPSA) is 56.7 Å². The third-order valence-electron chi connectivity index (χ3n) is 4.89. The number of aliphatic carboxylic acids is 1. The van der Waals surface area contributed by atoms with E-state index >= 15 is 0 Å². The van der Waals surface area contributed by atoms with Gasteiger partial charge in [-0.3, -0.25) is 19.6 Å². The summed E-state index contributed by atoms with van der Waals surface area (Å²) in [6, 6.07) is 9.55. The Hall–Kier alpha value is -2.24. The molecule has 1 saturated heterocycles. The van der Waals surface area contributed by atoms with Crippen molar-refractivity contribution in [2.75, 3.05) is 26.2 Å². The number of hydrogen-bond acceptors (Lipinski definition) is 4. The van der Waals surface area contributed by atoms with E-state index in [4.69, 9.17) is 0 Å². The fraction of sp³-hybridized carbons (Fsp3) is 0.400. The Balaban J connectivity index is 1.69. The molecule has 1 aromatic carbocycles. The Kier molecular flexibility index (Phi) is 5.46. The first-order valence-corrected chi connectivity index (χ1v) is 8.70. The summed E-state index contributed by atoms with van der Waals surface area (Å²) in [6.07, 6.45) is 3.62. The molecule has 132 valence electrons. The first-order valence-electron chi connectivity index (χ1n) is 8.70. The molecule has 0 spiro atoms. The van der Waals surface area contributed by atoms with Crippen LogP contribution in [0.2, 0.25) is 0 Å². The summed E-state index contributed by atoms with van der Waals surface area (Å²) in [7, 11) is 0. The maximum atomic E-state index is 12.0. The molecular weight excluding hydrogens is 314 g/mol. The molecule has 1 N–H and O–H groups in total. The third-order valence-corrected chi connectivity index (χ3v) is 4.89. The van der Waals surface area contributed by atoms with Gasteiger partial charge in [0, 0.05) is 45.1 Å². The average Bonchev–Trinajstić information content (AvgIpc) is 2.60. The van der Waals surface area contributed by atoms with Crippen molar-refractivity contribution in [2.45, 2.75) is 26.4 Å². The SMILES string of the molecule is Cc1ccc(C)c(C(C(=O)O)N2CCN(Cc3ccncc3)CC2)c1. The summed E-state index contributed by atoms with van der Waals surface area (Å²) in [5, 5.41) is 9.83. The van der Waals surface area contributed by atoms with E-state index in [9.17, 15) is 9.90 Å². The predicted molar refractivity (Wildman–Crippen MR) is 97.4 cm³/mol. The molecule has 1 aliphatic rings. The standard InChI is InChI=1S/C20H25N3O2/c1-15-3-4-16(2)18(13-15)19(20(24)25)23-11-9-22(10-12-23)14-17-5-7-21-8-6-17/h3-8,13,19H,9-12,14H2,1-2H3,(H,24,25). The number of hydrogen-bond donors (Lipinski definition) is 1. The lowest BCUT2D eigenvalue weighted by atomic mass is 9.97. The number of pyridine rings is 1. The van der Waals surface area contributed by atoms with Crippen molar-refractivity contribution in [3.8, 4) is 0 Å². The number of carboxylic acids is 1. The van der Waals surface area contributed by atoms with Crippen LogP contribution < -0.4 is 0 Å². The van der Waals surface area contributed by atoms with Crippen molar-refractivity contribution in [3.63, 3.8) is 0 Å². The molecule has 25 heavy (non-hydrogen) atoms. The Labute approximate surface area is 148 Å². The highest BCUT2D eigenvalue weighted by molar-refractivity contribution is 5.76. The fourth-order valence-corrected chi connectivity index (χ4v) is 3.47. The van der Waals surface area contributed by atoms with Crippen molar-refractivity contribution in [1.29, 1.82) is 0 Å². The fourth-order valence-electron chi connectivity index (χ4n) is 3.47. The second-order valence-electron chi connectivity index (χ2n) is 6.77. The molecule has 0 radical (unpaired) electrons. The summed E-state index contributed by atoms with van der Waals surface area (Å²) in [5.41, 5.74) is 4.29. The average molecular weight is 339 g/mol. The van der Waals surface area contributed by atoms with Crippen LogP contribution in [0.4, 0.5) is 0 Å². The molecule has 1 aliphatic heterocycles. The van der Waals surface area contributed by atoms with Gasteiger partial charge in [-0.05, 0) is 42.7 Å². The predicted octanol–water partition coefficient (Wildman–Crippen LogP) is 2.64. The maximum Gasteiger partial charge on any atom is 0.325 e. The number of aryl methyl sites for hydroxylation is 2. The summed E-state index contributed by atoms with van der Waals surface area (Å²) in [6.45, 7) is 8.15. The largest absolute Gasteiger partial charge is 0.480 e. The molecule has 1 fully saturated rings. The lowest BCUT2D eigenvalue weighted by Gasteiger charge is -2.38. The summed E-state index contributed by atoms with van der Waals surface area (Å²) >= 11 is 0. The van der Waals surface area contributed by atoms with Gasteiger partial charge in [0.2, 0.25) is 0 Å². The lowest BCUT2D eigenvalue weighted by molar-refractivity contribution is -0.144. The van der Waals surface area contributed by atoms with Crippen LogP contribution in [0.1, 0.15) is 28.3 Å². The number of benzene rings is 1. The molecular formula is C20H25N3O2. The summed E-state index contributed by atoms with van der Waals surface area (Å²) in [5.74, 6) is -0.767. The van der Waals surface area contributed by atoms with Gasteiger partial charge in [-0.15, -0.1) is 0 Å². The zero-order valence-electron chi connectivity index (χ0n) is 14.9. The number of carbonyl (C=O) groups is 1. The highest BCUT2D eigenvalue weighted by atomic mass is 16.4. The Bertz CT molecular complexity index is 725. The molecule has 1 atom stereocenters. The van der Waals surface area contributed by atoms with E-state index in [0.717, 1.165) is 49.4 Å². The minimum absolute atomic E-state index is 0.567. The van der Waals surface area contributed by atoms with Gasteiger partial charge >= 0.3 is 5.97 Å². The number of nitrogens with zero attached hydrogens (tertiary/aromatic N) is 3. The minimum Gasteiger partial charge on any atom is -0.480 e. The Morgan fingerprint density at radius 3 is 2.44 bits per heavy atom.